The maximum Gasteiger partial charge on any atom is 0.418 e. The van der Waals surface area contributed by atoms with Crippen molar-refractivity contribution in [1.29, 1.82) is 0 Å². The molecule has 3 rings (SSSR count). The number of ether oxygens (including phenoxy) is 1. The molecule has 0 fully saturated rings. The van der Waals surface area contributed by atoms with Crippen molar-refractivity contribution in [2.45, 2.75) is 20.0 Å². The van der Waals surface area contributed by atoms with Gasteiger partial charge in [-0.1, -0.05) is 18.2 Å². The van der Waals surface area contributed by atoms with Gasteiger partial charge in [-0.25, -0.2) is 4.90 Å². The number of hydrogen-bond acceptors (Lipinski definition) is 6. The van der Waals surface area contributed by atoms with Crippen LogP contribution < -0.4 is 15.2 Å². The molecule has 2 aromatic heterocycles. The standard InChI is InChI=1S/C20H15F3N2O5S/c1-10(26)25(12-7-5-4-6-8-12)18(29)15-16(30-11(2)27)14-13(20(21,22)23)9-31-19(14)24(3)17(15)28/h4-9H,1-3H3. The number of halogens is 3. The van der Waals surface area contributed by atoms with E-state index in [9.17, 15) is 32.3 Å². The van der Waals surface area contributed by atoms with Gasteiger partial charge in [0, 0.05) is 26.3 Å². The lowest BCUT2D eigenvalue weighted by atomic mass is 10.1. The maximum absolute atomic E-state index is 13.6. The quantitative estimate of drug-likeness (QED) is 0.566. The number of para-hydroxylation sites is 1. The van der Waals surface area contributed by atoms with Gasteiger partial charge in [-0.3, -0.25) is 19.2 Å². The average molecular weight is 452 g/mol. The molecule has 0 saturated heterocycles. The van der Waals surface area contributed by atoms with E-state index in [1.807, 2.05) is 0 Å². The van der Waals surface area contributed by atoms with Crippen LogP contribution >= 0.6 is 11.3 Å². The Labute approximate surface area is 177 Å². The Hall–Kier alpha value is -3.47. The average Bonchev–Trinajstić information content (AvgIpc) is 3.12. The molecule has 0 bridgehead atoms. The van der Waals surface area contributed by atoms with E-state index in [4.69, 9.17) is 4.74 Å². The number of esters is 1. The number of carbonyl (C=O) groups is 3. The van der Waals surface area contributed by atoms with Crippen molar-refractivity contribution >= 4 is 45.0 Å². The molecule has 2 heterocycles. The number of fused-ring (bicyclic) bond motifs is 1. The Morgan fingerprint density at radius 2 is 1.71 bits per heavy atom. The highest BCUT2D eigenvalue weighted by molar-refractivity contribution is 7.17. The van der Waals surface area contributed by atoms with Crippen molar-refractivity contribution in [2.75, 3.05) is 4.90 Å². The topological polar surface area (TPSA) is 85.7 Å². The van der Waals surface area contributed by atoms with Gasteiger partial charge in [0.2, 0.25) is 5.91 Å². The Morgan fingerprint density at radius 3 is 2.23 bits per heavy atom. The lowest BCUT2D eigenvalue weighted by molar-refractivity contribution is -0.137. The largest absolute Gasteiger partial charge is 0.425 e. The minimum absolute atomic E-state index is 0.0947. The first kappa shape index (κ1) is 22.2. The van der Waals surface area contributed by atoms with Crippen LogP contribution in [0.2, 0.25) is 0 Å². The van der Waals surface area contributed by atoms with Crippen LogP contribution in [0.25, 0.3) is 10.2 Å². The molecule has 0 aliphatic heterocycles. The smallest absolute Gasteiger partial charge is 0.418 e. The van der Waals surface area contributed by atoms with Crippen LogP contribution in [0, 0.1) is 0 Å². The lowest BCUT2D eigenvalue weighted by Crippen LogP contribution is -2.40. The second kappa shape index (κ2) is 7.99. The second-order valence-corrected chi connectivity index (χ2v) is 7.34. The number of hydrogen-bond donors (Lipinski definition) is 0. The fourth-order valence-electron chi connectivity index (χ4n) is 3.07. The highest BCUT2D eigenvalue weighted by Gasteiger charge is 2.39. The molecule has 1 aromatic carbocycles. The molecule has 0 N–H and O–H groups in total. The zero-order valence-electron chi connectivity index (χ0n) is 16.4. The fourth-order valence-corrected chi connectivity index (χ4v) is 4.11. The summed E-state index contributed by atoms with van der Waals surface area (Å²) in [4.78, 5) is 50.7. The van der Waals surface area contributed by atoms with E-state index in [2.05, 4.69) is 0 Å². The molecule has 2 amide bonds. The summed E-state index contributed by atoms with van der Waals surface area (Å²) in [6.45, 7) is 1.99. The number of benzene rings is 1. The van der Waals surface area contributed by atoms with E-state index >= 15 is 0 Å². The van der Waals surface area contributed by atoms with Crippen LogP contribution in [-0.2, 0) is 22.8 Å². The van der Waals surface area contributed by atoms with Gasteiger partial charge in [0.05, 0.1) is 16.6 Å². The van der Waals surface area contributed by atoms with Crippen LogP contribution in [0.5, 0.6) is 5.75 Å². The SMILES string of the molecule is CC(=O)Oc1c(C(=O)N(C(C)=O)c2ccccc2)c(=O)n(C)c2scc(C(F)(F)F)c12. The molecule has 3 aromatic rings. The van der Waals surface area contributed by atoms with Gasteiger partial charge in [0.1, 0.15) is 10.4 Å². The maximum atomic E-state index is 13.6. The number of aryl methyl sites for hydroxylation is 1. The van der Waals surface area contributed by atoms with E-state index in [-0.39, 0.29) is 10.5 Å². The van der Waals surface area contributed by atoms with Crippen molar-refractivity contribution in [3.63, 3.8) is 0 Å². The third-order valence-corrected chi connectivity index (χ3v) is 5.40. The summed E-state index contributed by atoms with van der Waals surface area (Å²) >= 11 is 0.614. The molecule has 0 spiro atoms. The summed E-state index contributed by atoms with van der Waals surface area (Å²) in [7, 11) is 1.19. The predicted octanol–water partition coefficient (Wildman–Crippen LogP) is 3.74. The first-order valence-corrected chi connectivity index (χ1v) is 9.63. The van der Waals surface area contributed by atoms with Crippen molar-refractivity contribution in [3.8, 4) is 5.75 Å². The van der Waals surface area contributed by atoms with Gasteiger partial charge >= 0.3 is 12.1 Å². The van der Waals surface area contributed by atoms with Crippen molar-refractivity contribution in [1.82, 2.24) is 4.57 Å². The normalized spacial score (nSPS) is 11.4. The van der Waals surface area contributed by atoms with Gasteiger partial charge in [0.25, 0.3) is 11.5 Å². The molecule has 7 nitrogen and oxygen atoms in total. The number of amides is 2. The number of aromatic nitrogens is 1. The number of carbonyl (C=O) groups excluding carboxylic acids is 3. The van der Waals surface area contributed by atoms with Gasteiger partial charge in [-0.2, -0.15) is 13.2 Å². The summed E-state index contributed by atoms with van der Waals surface area (Å²) in [5, 5.41) is 0.167. The predicted molar refractivity (Wildman–Crippen MR) is 107 cm³/mol. The Kier molecular flexibility index (Phi) is 5.72. The second-order valence-electron chi connectivity index (χ2n) is 6.48. The summed E-state index contributed by atoms with van der Waals surface area (Å²) in [6.07, 6.45) is -4.84. The molecule has 0 radical (unpaired) electrons. The highest BCUT2D eigenvalue weighted by Crippen LogP contribution is 2.43. The van der Waals surface area contributed by atoms with Gasteiger partial charge in [-0.15, -0.1) is 11.3 Å². The van der Waals surface area contributed by atoms with E-state index < -0.39 is 51.8 Å². The third kappa shape index (κ3) is 3.96. The van der Waals surface area contributed by atoms with Crippen LogP contribution in [0.1, 0.15) is 29.8 Å². The molecular weight excluding hydrogens is 437 g/mol. The van der Waals surface area contributed by atoms with Crippen LogP contribution in [0.4, 0.5) is 18.9 Å². The summed E-state index contributed by atoms with van der Waals surface area (Å²) < 4.78 is 46.7. The van der Waals surface area contributed by atoms with Crippen molar-refractivity contribution < 1.29 is 32.3 Å². The molecule has 11 heteroatoms. The summed E-state index contributed by atoms with van der Waals surface area (Å²) in [5.74, 6) is -3.85. The molecule has 0 unspecified atom stereocenters. The summed E-state index contributed by atoms with van der Waals surface area (Å²) in [5.41, 5.74) is -2.93. The van der Waals surface area contributed by atoms with Crippen molar-refractivity contribution in [2.24, 2.45) is 7.05 Å². The van der Waals surface area contributed by atoms with E-state index in [1.54, 1.807) is 6.07 Å². The van der Waals surface area contributed by atoms with Crippen molar-refractivity contribution in [3.05, 3.63) is 57.2 Å². The van der Waals surface area contributed by atoms with Gasteiger partial charge < -0.3 is 9.30 Å². The Balaban J connectivity index is 2.42. The Bertz CT molecular complexity index is 1260. The first-order valence-electron chi connectivity index (χ1n) is 8.75. The molecular formula is C20H15F3N2O5S. The summed E-state index contributed by atoms with van der Waals surface area (Å²) in [6, 6.07) is 7.53. The minimum Gasteiger partial charge on any atom is -0.425 e. The first-order chi connectivity index (χ1) is 14.4. The molecule has 31 heavy (non-hydrogen) atoms. The van der Waals surface area contributed by atoms with Crippen LogP contribution in [-0.4, -0.2) is 22.4 Å². The number of pyridine rings is 1. The van der Waals surface area contributed by atoms with Gasteiger partial charge in [0.15, 0.2) is 5.75 Å². The number of imide groups is 1. The van der Waals surface area contributed by atoms with E-state index in [0.29, 0.717) is 16.2 Å². The third-order valence-electron chi connectivity index (χ3n) is 4.35. The number of nitrogens with zero attached hydrogens (tertiary/aromatic N) is 2. The zero-order chi connectivity index (χ0) is 23.1. The van der Waals surface area contributed by atoms with Crippen LogP contribution in [0.3, 0.4) is 0 Å². The zero-order valence-corrected chi connectivity index (χ0v) is 17.3. The number of thiophene rings is 1. The molecule has 0 atom stereocenters. The fraction of sp³-hybridized carbons (Fsp3) is 0.200. The Morgan fingerprint density at radius 1 is 1.10 bits per heavy atom. The number of rotatable bonds is 3. The van der Waals surface area contributed by atoms with E-state index in [0.717, 1.165) is 23.8 Å². The number of alkyl halides is 3. The number of anilines is 1. The molecule has 0 aliphatic carbocycles. The monoisotopic (exact) mass is 452 g/mol. The van der Waals surface area contributed by atoms with Crippen LogP contribution in [0.15, 0.2) is 40.5 Å². The lowest BCUT2D eigenvalue weighted by Gasteiger charge is -2.21. The minimum atomic E-state index is -4.84. The van der Waals surface area contributed by atoms with E-state index in [1.165, 1.54) is 31.3 Å². The molecule has 0 saturated carbocycles. The van der Waals surface area contributed by atoms with Gasteiger partial charge in [-0.05, 0) is 12.1 Å². The molecule has 0 aliphatic rings. The molecule has 162 valence electrons. The highest BCUT2D eigenvalue weighted by atomic mass is 32.1.